The maximum absolute atomic E-state index is 10.8. The first-order valence-corrected chi connectivity index (χ1v) is 3.35. The highest BCUT2D eigenvalue weighted by Crippen LogP contribution is 2.02. The van der Waals surface area contributed by atoms with Gasteiger partial charge in [0.1, 0.15) is 11.9 Å². The molecule has 0 fully saturated rings. The van der Waals surface area contributed by atoms with Crippen LogP contribution in [-0.2, 0) is 13.9 Å². The molecule has 0 spiro atoms. The highest BCUT2D eigenvalue weighted by atomic mass is 35.5. The summed E-state index contributed by atoms with van der Waals surface area (Å²) in [6, 6.07) is 0. The first-order valence-electron chi connectivity index (χ1n) is 3.05. The Hall–Kier alpha value is -0.610. The van der Waals surface area contributed by atoms with E-state index in [0.717, 1.165) is 0 Å². The number of halogens is 1. The molecular weight excluding hydrogens is 172 g/mol. The molecule has 1 N–H and O–H groups in total. The average molecular weight is 181 g/mol. The van der Waals surface area contributed by atoms with Gasteiger partial charge in [-0.1, -0.05) is 13.8 Å². The number of carbonyl (C=O) groups is 2. The van der Waals surface area contributed by atoms with E-state index in [0.29, 0.717) is 0 Å². The zero-order valence-electron chi connectivity index (χ0n) is 6.20. The van der Waals surface area contributed by atoms with E-state index in [1.165, 1.54) is 0 Å². The lowest BCUT2D eigenvalue weighted by atomic mass is 10.0. The van der Waals surface area contributed by atoms with E-state index < -0.39 is 23.8 Å². The standard InChI is InChI=1S/C6H9ClO4/c1-3(2)4(8)5(9)6(10)11-7/h3,5,9H,1-2H3. The minimum absolute atomic E-state index is 0.416. The van der Waals surface area contributed by atoms with Gasteiger partial charge >= 0.3 is 5.97 Å². The Morgan fingerprint density at radius 3 is 2.18 bits per heavy atom. The van der Waals surface area contributed by atoms with Gasteiger partial charge in [0.2, 0.25) is 6.10 Å². The predicted octanol–water partition coefficient (Wildman–Crippen LogP) is 0.269. The van der Waals surface area contributed by atoms with Gasteiger partial charge in [0.15, 0.2) is 5.78 Å². The van der Waals surface area contributed by atoms with Gasteiger partial charge in [0, 0.05) is 5.92 Å². The van der Waals surface area contributed by atoms with Gasteiger partial charge in [-0.25, -0.2) is 4.79 Å². The normalized spacial score (nSPS) is 12.8. The predicted molar refractivity (Wildman–Crippen MR) is 37.8 cm³/mol. The summed E-state index contributed by atoms with van der Waals surface area (Å²) in [5.74, 6) is -2.15. The molecule has 0 bridgehead atoms. The number of aliphatic hydroxyl groups excluding tert-OH is 1. The molecule has 4 nitrogen and oxygen atoms in total. The second kappa shape index (κ2) is 4.31. The Labute approximate surface area is 69.3 Å². The van der Waals surface area contributed by atoms with Crippen molar-refractivity contribution in [2.75, 3.05) is 0 Å². The van der Waals surface area contributed by atoms with Gasteiger partial charge in [-0.05, 0) is 0 Å². The van der Waals surface area contributed by atoms with Crippen LogP contribution in [0.3, 0.4) is 0 Å². The molecule has 11 heavy (non-hydrogen) atoms. The third-order valence-corrected chi connectivity index (χ3v) is 1.29. The lowest BCUT2D eigenvalue weighted by Crippen LogP contribution is -2.33. The summed E-state index contributed by atoms with van der Waals surface area (Å²) in [6.07, 6.45) is -1.76. The maximum Gasteiger partial charge on any atom is 0.360 e. The van der Waals surface area contributed by atoms with Crippen molar-refractivity contribution in [3.05, 3.63) is 0 Å². The number of carbonyl (C=O) groups excluding carboxylic acids is 2. The molecule has 0 aliphatic heterocycles. The minimum atomic E-state index is -1.76. The molecule has 5 heteroatoms. The van der Waals surface area contributed by atoms with Crippen molar-refractivity contribution in [3.8, 4) is 0 Å². The van der Waals surface area contributed by atoms with Crippen molar-refractivity contribution in [2.24, 2.45) is 5.92 Å². The lowest BCUT2D eigenvalue weighted by Gasteiger charge is -2.07. The fraction of sp³-hybridized carbons (Fsp3) is 0.667. The van der Waals surface area contributed by atoms with Crippen LogP contribution in [-0.4, -0.2) is 23.0 Å². The van der Waals surface area contributed by atoms with Crippen LogP contribution in [0.5, 0.6) is 0 Å². The second-order valence-electron chi connectivity index (χ2n) is 2.36. The first-order chi connectivity index (χ1) is 5.00. The molecule has 0 amide bonds. The first kappa shape index (κ1) is 10.4. The number of Topliss-reactive ketones (excluding diaryl/α,β-unsaturated/α-hetero) is 1. The van der Waals surface area contributed by atoms with Crippen LogP contribution in [0.2, 0.25) is 0 Å². The number of aliphatic hydroxyl groups is 1. The molecule has 0 aliphatic carbocycles. The Balaban J connectivity index is 4.13. The SMILES string of the molecule is CC(C)C(=O)C(O)C(=O)OCl. The zero-order chi connectivity index (χ0) is 9.02. The van der Waals surface area contributed by atoms with Crippen molar-refractivity contribution in [2.45, 2.75) is 20.0 Å². The lowest BCUT2D eigenvalue weighted by molar-refractivity contribution is -0.150. The number of ketones is 1. The van der Waals surface area contributed by atoms with Crippen LogP contribution in [0.1, 0.15) is 13.8 Å². The van der Waals surface area contributed by atoms with Gasteiger partial charge in [-0.15, -0.1) is 0 Å². The van der Waals surface area contributed by atoms with E-state index in [1.807, 2.05) is 0 Å². The summed E-state index contributed by atoms with van der Waals surface area (Å²) in [5, 5.41) is 8.85. The Bertz CT molecular complexity index is 166. The smallest absolute Gasteiger partial charge is 0.360 e. The van der Waals surface area contributed by atoms with Gasteiger partial charge in [0.05, 0.1) is 0 Å². The topological polar surface area (TPSA) is 63.6 Å². The van der Waals surface area contributed by atoms with E-state index in [9.17, 15) is 9.59 Å². The Morgan fingerprint density at radius 1 is 1.45 bits per heavy atom. The van der Waals surface area contributed by atoms with Gasteiger partial charge in [-0.2, -0.15) is 0 Å². The van der Waals surface area contributed by atoms with E-state index in [1.54, 1.807) is 13.8 Å². The molecule has 0 aromatic heterocycles. The molecule has 0 saturated heterocycles. The molecule has 0 radical (unpaired) electrons. The molecule has 0 saturated carbocycles. The van der Waals surface area contributed by atoms with Crippen molar-refractivity contribution in [3.63, 3.8) is 0 Å². The van der Waals surface area contributed by atoms with Gasteiger partial charge in [-0.3, -0.25) is 4.79 Å². The summed E-state index contributed by atoms with van der Waals surface area (Å²) >= 11 is 4.63. The number of hydrogen-bond donors (Lipinski definition) is 1. The molecular formula is C6H9ClO4. The van der Waals surface area contributed by atoms with Crippen LogP contribution in [0.4, 0.5) is 0 Å². The van der Waals surface area contributed by atoms with E-state index >= 15 is 0 Å². The van der Waals surface area contributed by atoms with Crippen LogP contribution in [0.25, 0.3) is 0 Å². The molecule has 0 aromatic carbocycles. The number of rotatable bonds is 3. The number of hydrogen-bond acceptors (Lipinski definition) is 4. The Morgan fingerprint density at radius 2 is 1.91 bits per heavy atom. The Kier molecular flexibility index (Phi) is 4.07. The highest BCUT2D eigenvalue weighted by molar-refractivity contribution is 6.16. The second-order valence-corrected chi connectivity index (χ2v) is 2.51. The van der Waals surface area contributed by atoms with Gasteiger partial charge < -0.3 is 9.40 Å². The monoisotopic (exact) mass is 180 g/mol. The molecule has 1 unspecified atom stereocenters. The highest BCUT2D eigenvalue weighted by Gasteiger charge is 2.27. The van der Waals surface area contributed by atoms with Crippen LogP contribution >= 0.6 is 11.9 Å². The third-order valence-electron chi connectivity index (χ3n) is 1.14. The van der Waals surface area contributed by atoms with Crippen LogP contribution in [0.15, 0.2) is 0 Å². The molecule has 1 atom stereocenters. The van der Waals surface area contributed by atoms with Crippen molar-refractivity contribution in [1.82, 2.24) is 0 Å². The van der Waals surface area contributed by atoms with Crippen molar-refractivity contribution in [1.29, 1.82) is 0 Å². The summed E-state index contributed by atoms with van der Waals surface area (Å²) in [4.78, 5) is 21.3. The van der Waals surface area contributed by atoms with E-state index in [2.05, 4.69) is 16.2 Å². The fourth-order valence-corrected chi connectivity index (χ4v) is 0.558. The van der Waals surface area contributed by atoms with Crippen molar-refractivity contribution < 1.29 is 19.0 Å². The fourth-order valence-electron chi connectivity index (χ4n) is 0.474. The zero-order valence-corrected chi connectivity index (χ0v) is 6.96. The van der Waals surface area contributed by atoms with Crippen molar-refractivity contribution >= 4 is 23.6 Å². The molecule has 0 heterocycles. The molecule has 0 aliphatic rings. The van der Waals surface area contributed by atoms with Crippen LogP contribution in [0, 0.1) is 5.92 Å². The van der Waals surface area contributed by atoms with Crippen LogP contribution < -0.4 is 0 Å². The molecule has 64 valence electrons. The summed E-state index contributed by atoms with van der Waals surface area (Å²) in [7, 11) is 0. The third kappa shape index (κ3) is 2.86. The molecule has 0 aromatic rings. The summed E-state index contributed by atoms with van der Waals surface area (Å²) in [5.41, 5.74) is 0. The average Bonchev–Trinajstić information content (AvgIpc) is 2.00. The largest absolute Gasteiger partial charge is 0.375 e. The summed E-state index contributed by atoms with van der Waals surface area (Å²) in [6.45, 7) is 3.13. The molecule has 0 rings (SSSR count). The maximum atomic E-state index is 10.8. The quantitative estimate of drug-likeness (QED) is 0.634. The van der Waals surface area contributed by atoms with E-state index in [-0.39, 0.29) is 0 Å². The minimum Gasteiger partial charge on any atom is -0.375 e. The van der Waals surface area contributed by atoms with Gasteiger partial charge in [0.25, 0.3) is 0 Å². The summed E-state index contributed by atoms with van der Waals surface area (Å²) < 4.78 is 3.65. The van der Waals surface area contributed by atoms with E-state index in [4.69, 9.17) is 5.11 Å².